The van der Waals surface area contributed by atoms with Crippen molar-refractivity contribution in [2.75, 3.05) is 25.3 Å². The van der Waals surface area contributed by atoms with Crippen molar-refractivity contribution < 1.29 is 18.8 Å². The quantitative estimate of drug-likeness (QED) is 0.818. The molecule has 124 valence electrons. The Kier molecular flexibility index (Phi) is 6.18. The molecule has 0 unspecified atom stereocenters. The number of rotatable bonds is 7. The molecule has 0 atom stereocenters. The number of hydrogen-bond acceptors (Lipinski definition) is 6. The topological polar surface area (TPSA) is 73.6 Å². The van der Waals surface area contributed by atoms with Crippen molar-refractivity contribution in [1.29, 1.82) is 0 Å². The van der Waals surface area contributed by atoms with Gasteiger partial charge in [0.05, 0.1) is 36.4 Å². The first kappa shape index (κ1) is 17.5. The van der Waals surface area contributed by atoms with Gasteiger partial charge in [-0.05, 0) is 6.92 Å². The number of anilines is 1. The average Bonchev–Trinajstić information content (AvgIpc) is 2.94. The summed E-state index contributed by atoms with van der Waals surface area (Å²) in [5.41, 5.74) is 1.32. The van der Waals surface area contributed by atoms with Crippen LogP contribution in [-0.4, -0.2) is 31.0 Å². The van der Waals surface area contributed by atoms with E-state index in [-0.39, 0.29) is 11.7 Å². The van der Waals surface area contributed by atoms with E-state index in [1.165, 1.54) is 26.0 Å². The zero-order valence-electron chi connectivity index (χ0n) is 13.0. The van der Waals surface area contributed by atoms with Crippen LogP contribution in [0.2, 0.25) is 5.02 Å². The lowest BCUT2D eigenvalue weighted by molar-refractivity contribution is -0.113. The van der Waals surface area contributed by atoms with Crippen molar-refractivity contribution in [2.24, 2.45) is 0 Å². The molecule has 0 aliphatic rings. The maximum atomic E-state index is 12.1. The van der Waals surface area contributed by atoms with Crippen molar-refractivity contribution >= 4 is 35.0 Å². The van der Waals surface area contributed by atoms with Crippen LogP contribution in [-0.2, 0) is 10.5 Å². The highest BCUT2D eigenvalue weighted by molar-refractivity contribution is 7.99. The van der Waals surface area contributed by atoms with Crippen LogP contribution in [0, 0.1) is 6.92 Å². The molecule has 1 amide bonds. The van der Waals surface area contributed by atoms with Gasteiger partial charge in [0.2, 0.25) is 5.91 Å². The van der Waals surface area contributed by atoms with Crippen molar-refractivity contribution in [3.8, 4) is 11.5 Å². The van der Waals surface area contributed by atoms with Gasteiger partial charge >= 0.3 is 0 Å². The summed E-state index contributed by atoms with van der Waals surface area (Å²) in [5.74, 6) is 2.42. The molecule has 1 aromatic carbocycles. The summed E-state index contributed by atoms with van der Waals surface area (Å²) in [6.07, 6.45) is 0. The normalized spacial score (nSPS) is 10.4. The predicted molar refractivity (Wildman–Crippen MR) is 90.6 cm³/mol. The summed E-state index contributed by atoms with van der Waals surface area (Å²) in [5, 5.41) is 7.08. The monoisotopic (exact) mass is 356 g/mol. The first-order valence-electron chi connectivity index (χ1n) is 6.74. The zero-order valence-corrected chi connectivity index (χ0v) is 14.6. The van der Waals surface area contributed by atoms with Crippen LogP contribution in [0.4, 0.5) is 5.69 Å². The number of methoxy groups -OCH3 is 2. The van der Waals surface area contributed by atoms with Gasteiger partial charge in [0.15, 0.2) is 0 Å². The van der Waals surface area contributed by atoms with E-state index in [0.717, 1.165) is 11.5 Å². The third kappa shape index (κ3) is 4.80. The number of hydrogen-bond donors (Lipinski definition) is 1. The molecule has 1 N–H and O–H groups in total. The van der Waals surface area contributed by atoms with E-state index in [0.29, 0.717) is 28.0 Å². The number of halogens is 1. The highest BCUT2D eigenvalue weighted by Crippen LogP contribution is 2.35. The minimum absolute atomic E-state index is 0.155. The third-order valence-corrected chi connectivity index (χ3v) is 4.17. The van der Waals surface area contributed by atoms with Gasteiger partial charge in [-0.1, -0.05) is 16.8 Å². The van der Waals surface area contributed by atoms with E-state index in [1.807, 2.05) is 13.0 Å². The Morgan fingerprint density at radius 3 is 2.65 bits per heavy atom. The van der Waals surface area contributed by atoms with Crippen LogP contribution < -0.4 is 14.8 Å². The average molecular weight is 357 g/mol. The van der Waals surface area contributed by atoms with Gasteiger partial charge in [0.1, 0.15) is 17.3 Å². The molecule has 0 saturated heterocycles. The first-order valence-corrected chi connectivity index (χ1v) is 8.28. The summed E-state index contributed by atoms with van der Waals surface area (Å²) < 4.78 is 15.3. The van der Waals surface area contributed by atoms with Gasteiger partial charge in [0.25, 0.3) is 0 Å². The number of nitrogens with one attached hydrogen (secondary N) is 1. The standard InChI is InChI=1S/C15H17ClN2O4S/c1-9-4-10(18-22-9)7-23-8-15(19)17-12-6-13(20-2)11(16)5-14(12)21-3/h4-6H,7-8H2,1-3H3,(H,17,19). The summed E-state index contributed by atoms with van der Waals surface area (Å²) in [4.78, 5) is 12.1. The number of carbonyl (C=O) groups is 1. The van der Waals surface area contributed by atoms with Gasteiger partial charge in [-0.3, -0.25) is 4.79 Å². The number of benzene rings is 1. The highest BCUT2D eigenvalue weighted by Gasteiger charge is 2.13. The van der Waals surface area contributed by atoms with Gasteiger partial charge in [0, 0.05) is 24.0 Å². The molecule has 2 aromatic rings. The van der Waals surface area contributed by atoms with Crippen LogP contribution in [0.5, 0.6) is 11.5 Å². The third-order valence-electron chi connectivity index (χ3n) is 2.91. The molecule has 0 spiro atoms. The Hall–Kier alpha value is -1.86. The molecular weight excluding hydrogens is 340 g/mol. The fourth-order valence-electron chi connectivity index (χ4n) is 1.88. The predicted octanol–water partition coefficient (Wildman–Crippen LogP) is 3.53. The minimum atomic E-state index is -0.155. The van der Waals surface area contributed by atoms with Crippen molar-refractivity contribution in [3.63, 3.8) is 0 Å². The lowest BCUT2D eigenvalue weighted by atomic mass is 10.2. The van der Waals surface area contributed by atoms with E-state index in [4.69, 9.17) is 25.6 Å². The number of ether oxygens (including phenoxy) is 2. The molecule has 0 fully saturated rings. The Bertz CT molecular complexity index is 690. The SMILES string of the molecule is COc1cc(NC(=O)CSCc2cc(C)on2)c(OC)cc1Cl. The van der Waals surface area contributed by atoms with Gasteiger partial charge in [-0.2, -0.15) is 0 Å². The summed E-state index contributed by atoms with van der Waals surface area (Å²) >= 11 is 7.47. The molecule has 1 heterocycles. The number of aryl methyl sites for hydroxylation is 1. The lowest BCUT2D eigenvalue weighted by Gasteiger charge is -2.13. The summed E-state index contributed by atoms with van der Waals surface area (Å²) in [6.45, 7) is 1.83. The second kappa shape index (κ2) is 8.12. The van der Waals surface area contributed by atoms with Crippen LogP contribution in [0.25, 0.3) is 0 Å². The van der Waals surface area contributed by atoms with E-state index in [2.05, 4.69) is 10.5 Å². The second-order valence-corrected chi connectivity index (χ2v) is 6.05. The molecule has 6 nitrogen and oxygen atoms in total. The Balaban J connectivity index is 1.94. The molecule has 2 rings (SSSR count). The lowest BCUT2D eigenvalue weighted by Crippen LogP contribution is -2.15. The van der Waals surface area contributed by atoms with Crippen LogP contribution in [0.1, 0.15) is 11.5 Å². The Labute approximate surface area is 143 Å². The Morgan fingerprint density at radius 1 is 1.30 bits per heavy atom. The van der Waals surface area contributed by atoms with Crippen LogP contribution in [0.3, 0.4) is 0 Å². The molecule has 0 radical (unpaired) electrons. The van der Waals surface area contributed by atoms with E-state index in [9.17, 15) is 4.79 Å². The van der Waals surface area contributed by atoms with Gasteiger partial charge < -0.3 is 19.3 Å². The number of amides is 1. The molecule has 0 aliphatic heterocycles. The molecule has 0 bridgehead atoms. The van der Waals surface area contributed by atoms with E-state index >= 15 is 0 Å². The molecular formula is C15H17ClN2O4S. The maximum absolute atomic E-state index is 12.1. The van der Waals surface area contributed by atoms with E-state index in [1.54, 1.807) is 12.1 Å². The van der Waals surface area contributed by atoms with Crippen molar-refractivity contribution in [1.82, 2.24) is 5.16 Å². The van der Waals surface area contributed by atoms with Crippen LogP contribution >= 0.6 is 23.4 Å². The van der Waals surface area contributed by atoms with E-state index < -0.39 is 0 Å². The highest BCUT2D eigenvalue weighted by atomic mass is 35.5. The minimum Gasteiger partial charge on any atom is -0.495 e. The molecule has 8 heteroatoms. The number of carbonyl (C=O) groups excluding carboxylic acids is 1. The molecule has 23 heavy (non-hydrogen) atoms. The maximum Gasteiger partial charge on any atom is 0.234 e. The van der Waals surface area contributed by atoms with Gasteiger partial charge in [-0.25, -0.2) is 0 Å². The van der Waals surface area contributed by atoms with Crippen LogP contribution in [0.15, 0.2) is 22.7 Å². The molecule has 0 saturated carbocycles. The fraction of sp³-hybridized carbons (Fsp3) is 0.333. The zero-order chi connectivity index (χ0) is 16.8. The smallest absolute Gasteiger partial charge is 0.234 e. The van der Waals surface area contributed by atoms with Gasteiger partial charge in [-0.15, -0.1) is 11.8 Å². The molecule has 0 aliphatic carbocycles. The first-order chi connectivity index (χ1) is 11.0. The summed E-state index contributed by atoms with van der Waals surface area (Å²) in [7, 11) is 3.02. The molecule has 1 aromatic heterocycles. The Morgan fingerprint density at radius 2 is 2.04 bits per heavy atom. The summed E-state index contributed by atoms with van der Waals surface area (Å²) in [6, 6.07) is 5.07. The van der Waals surface area contributed by atoms with Crippen molar-refractivity contribution in [3.05, 3.63) is 34.7 Å². The second-order valence-electron chi connectivity index (χ2n) is 4.66. The number of aromatic nitrogens is 1. The number of nitrogens with zero attached hydrogens (tertiary/aromatic N) is 1. The van der Waals surface area contributed by atoms with Crippen molar-refractivity contribution in [2.45, 2.75) is 12.7 Å². The largest absolute Gasteiger partial charge is 0.495 e. The number of thioether (sulfide) groups is 1. The fourth-order valence-corrected chi connectivity index (χ4v) is 2.81.